The van der Waals surface area contributed by atoms with Crippen LogP contribution >= 0.6 is 34.5 Å². The summed E-state index contributed by atoms with van der Waals surface area (Å²) in [6.07, 6.45) is 0. The van der Waals surface area contributed by atoms with Gasteiger partial charge in [0.15, 0.2) is 0 Å². The van der Waals surface area contributed by atoms with Crippen LogP contribution in [0.25, 0.3) is 10.2 Å². The van der Waals surface area contributed by atoms with Crippen molar-refractivity contribution in [1.29, 1.82) is 5.41 Å². The third-order valence-corrected chi connectivity index (χ3v) is 3.75. The molecule has 14 heavy (non-hydrogen) atoms. The van der Waals surface area contributed by atoms with E-state index in [0.717, 1.165) is 10.2 Å². The van der Waals surface area contributed by atoms with E-state index in [0.29, 0.717) is 15.1 Å². The first kappa shape index (κ1) is 9.83. The highest BCUT2D eigenvalue weighted by Gasteiger charge is 2.13. The van der Waals surface area contributed by atoms with Gasteiger partial charge >= 0.3 is 0 Å². The van der Waals surface area contributed by atoms with Crippen molar-refractivity contribution in [2.24, 2.45) is 0 Å². The zero-order chi connectivity index (χ0) is 10.3. The summed E-state index contributed by atoms with van der Waals surface area (Å²) in [6.45, 7) is 0. The van der Waals surface area contributed by atoms with E-state index >= 15 is 0 Å². The largest absolute Gasteiger partial charge is 0.480 e. The molecule has 0 saturated heterocycles. The maximum atomic E-state index is 7.45. The Kier molecular flexibility index (Phi) is 2.43. The van der Waals surface area contributed by atoms with E-state index in [2.05, 4.69) is 4.98 Å². The summed E-state index contributed by atoms with van der Waals surface area (Å²) in [7, 11) is 1.45. The van der Waals surface area contributed by atoms with Gasteiger partial charge in [-0.1, -0.05) is 23.2 Å². The van der Waals surface area contributed by atoms with Gasteiger partial charge in [-0.2, -0.15) is 0 Å². The first-order chi connectivity index (χ1) is 6.63. The lowest BCUT2D eigenvalue weighted by Gasteiger charge is -1.96. The van der Waals surface area contributed by atoms with Crippen LogP contribution < -0.4 is 0 Å². The first-order valence-electron chi connectivity index (χ1n) is 3.73. The predicted octanol–water partition coefficient (Wildman–Crippen LogP) is 3.51. The van der Waals surface area contributed by atoms with Crippen LogP contribution in [0.4, 0.5) is 0 Å². The van der Waals surface area contributed by atoms with Crippen LogP contribution in [0.1, 0.15) is 5.69 Å². The second kappa shape index (κ2) is 3.46. The Morgan fingerprint density at radius 2 is 2.29 bits per heavy atom. The number of aromatic nitrogens is 1. The van der Waals surface area contributed by atoms with Crippen LogP contribution in [0.3, 0.4) is 0 Å². The van der Waals surface area contributed by atoms with Gasteiger partial charge in [-0.3, -0.25) is 5.41 Å². The van der Waals surface area contributed by atoms with Crippen molar-refractivity contribution in [1.82, 2.24) is 4.98 Å². The number of aromatic amines is 1. The fraction of sp³-hybridized carbons (Fsp3) is 0.125. The van der Waals surface area contributed by atoms with E-state index in [-0.39, 0.29) is 5.90 Å². The van der Waals surface area contributed by atoms with Gasteiger partial charge in [-0.25, -0.2) is 0 Å². The molecule has 0 aliphatic carbocycles. The second-order valence-electron chi connectivity index (χ2n) is 2.65. The molecular weight excluding hydrogens is 243 g/mol. The van der Waals surface area contributed by atoms with Crippen molar-refractivity contribution < 1.29 is 4.74 Å². The molecule has 0 spiro atoms. The molecule has 0 amide bonds. The maximum Gasteiger partial charge on any atom is 0.229 e. The van der Waals surface area contributed by atoms with Gasteiger partial charge < -0.3 is 9.72 Å². The van der Waals surface area contributed by atoms with Crippen molar-refractivity contribution in [3.05, 3.63) is 21.1 Å². The molecule has 2 heterocycles. The second-order valence-corrected chi connectivity index (χ2v) is 4.68. The highest BCUT2D eigenvalue weighted by Crippen LogP contribution is 2.38. The number of halogens is 2. The van der Waals surface area contributed by atoms with E-state index in [4.69, 9.17) is 33.3 Å². The Hall–Kier alpha value is -0.710. The zero-order valence-corrected chi connectivity index (χ0v) is 9.48. The standard InChI is InChI=1S/C8H6Cl2N2OS/c1-13-8(11)3-2-4-6(12-3)5(9)7(10)14-4/h2,11-12H,1H3. The fourth-order valence-electron chi connectivity index (χ4n) is 1.15. The number of H-pyrrole nitrogens is 1. The van der Waals surface area contributed by atoms with Crippen molar-refractivity contribution in [3.8, 4) is 0 Å². The third kappa shape index (κ3) is 1.39. The molecule has 3 nitrogen and oxygen atoms in total. The SMILES string of the molecule is COC(=N)c1cc2sc(Cl)c(Cl)c2[nH]1. The first-order valence-corrected chi connectivity index (χ1v) is 5.30. The van der Waals surface area contributed by atoms with Crippen molar-refractivity contribution in [3.63, 3.8) is 0 Å². The van der Waals surface area contributed by atoms with Crippen molar-refractivity contribution in [2.45, 2.75) is 0 Å². The molecule has 0 unspecified atom stereocenters. The Morgan fingerprint density at radius 1 is 1.57 bits per heavy atom. The molecule has 0 atom stereocenters. The lowest BCUT2D eigenvalue weighted by atomic mass is 10.4. The minimum atomic E-state index is 0.0839. The van der Waals surface area contributed by atoms with Gasteiger partial charge in [0.05, 0.1) is 22.3 Å². The Bertz CT molecular complexity index is 503. The van der Waals surface area contributed by atoms with E-state index in [9.17, 15) is 0 Å². The average Bonchev–Trinajstić information content (AvgIpc) is 2.68. The van der Waals surface area contributed by atoms with Crippen molar-refractivity contribution >= 4 is 50.7 Å². The quantitative estimate of drug-likeness (QED) is 0.589. The van der Waals surface area contributed by atoms with Gasteiger partial charge in [0.2, 0.25) is 5.90 Å². The van der Waals surface area contributed by atoms with E-state index in [1.165, 1.54) is 18.4 Å². The topological polar surface area (TPSA) is 48.9 Å². The molecule has 0 fully saturated rings. The van der Waals surface area contributed by atoms with Crippen LogP contribution in [0, 0.1) is 5.41 Å². The summed E-state index contributed by atoms with van der Waals surface area (Å²) in [4.78, 5) is 2.98. The molecule has 0 aliphatic heterocycles. The summed E-state index contributed by atoms with van der Waals surface area (Å²) in [5.74, 6) is 0.0839. The summed E-state index contributed by atoms with van der Waals surface area (Å²) < 4.78 is 6.27. The minimum absolute atomic E-state index is 0.0839. The highest BCUT2D eigenvalue weighted by molar-refractivity contribution is 7.23. The molecule has 0 aromatic carbocycles. The van der Waals surface area contributed by atoms with E-state index < -0.39 is 0 Å². The van der Waals surface area contributed by atoms with Crippen LogP contribution in [-0.2, 0) is 4.74 Å². The van der Waals surface area contributed by atoms with Crippen LogP contribution in [0.2, 0.25) is 9.36 Å². The summed E-state index contributed by atoms with van der Waals surface area (Å²) in [6, 6.07) is 1.80. The highest BCUT2D eigenvalue weighted by atomic mass is 35.5. The number of rotatable bonds is 1. The van der Waals surface area contributed by atoms with Gasteiger partial charge in [-0.05, 0) is 6.07 Å². The fourth-order valence-corrected chi connectivity index (χ4v) is 2.63. The molecule has 2 aromatic heterocycles. The number of hydrogen-bond donors (Lipinski definition) is 2. The number of nitrogens with one attached hydrogen (secondary N) is 2. The van der Waals surface area contributed by atoms with Gasteiger partial charge in [0, 0.05) is 0 Å². The molecular formula is C8H6Cl2N2OS. The summed E-state index contributed by atoms with van der Waals surface area (Å²) in [5, 5.41) is 7.95. The number of ether oxygens (including phenoxy) is 1. The molecule has 2 N–H and O–H groups in total. The molecule has 0 aliphatic rings. The zero-order valence-electron chi connectivity index (χ0n) is 7.15. The number of fused-ring (bicyclic) bond motifs is 1. The number of hydrogen-bond acceptors (Lipinski definition) is 3. The van der Waals surface area contributed by atoms with Crippen molar-refractivity contribution in [2.75, 3.05) is 7.11 Å². The van der Waals surface area contributed by atoms with Crippen LogP contribution in [0.5, 0.6) is 0 Å². The summed E-state index contributed by atoms with van der Waals surface area (Å²) in [5.41, 5.74) is 1.37. The Labute approximate surface area is 94.1 Å². The van der Waals surface area contributed by atoms with Crippen LogP contribution in [0.15, 0.2) is 6.07 Å². The molecule has 2 rings (SSSR count). The van der Waals surface area contributed by atoms with E-state index in [1.807, 2.05) is 0 Å². The average molecular weight is 249 g/mol. The third-order valence-electron chi connectivity index (χ3n) is 1.82. The maximum absolute atomic E-state index is 7.45. The lowest BCUT2D eigenvalue weighted by Crippen LogP contribution is -2.00. The van der Waals surface area contributed by atoms with Gasteiger partial charge in [0.25, 0.3) is 0 Å². The molecule has 2 aromatic rings. The monoisotopic (exact) mass is 248 g/mol. The van der Waals surface area contributed by atoms with Crippen LogP contribution in [-0.4, -0.2) is 18.0 Å². The Balaban J connectivity index is 2.59. The Morgan fingerprint density at radius 3 is 2.86 bits per heavy atom. The number of methoxy groups -OCH3 is 1. The lowest BCUT2D eigenvalue weighted by molar-refractivity contribution is 0.400. The summed E-state index contributed by atoms with van der Waals surface area (Å²) >= 11 is 13.2. The van der Waals surface area contributed by atoms with Gasteiger partial charge in [0.1, 0.15) is 10.0 Å². The van der Waals surface area contributed by atoms with Gasteiger partial charge in [-0.15, -0.1) is 11.3 Å². The normalized spacial score (nSPS) is 10.8. The molecule has 6 heteroatoms. The predicted molar refractivity (Wildman–Crippen MR) is 60.0 cm³/mol. The minimum Gasteiger partial charge on any atom is -0.480 e. The molecule has 0 bridgehead atoms. The smallest absolute Gasteiger partial charge is 0.229 e. The van der Waals surface area contributed by atoms with E-state index in [1.54, 1.807) is 6.07 Å². The number of thiophene rings is 1. The molecule has 74 valence electrons. The molecule has 0 saturated carbocycles. The molecule has 0 radical (unpaired) electrons.